The summed E-state index contributed by atoms with van der Waals surface area (Å²) in [4.78, 5) is 14.4. The summed E-state index contributed by atoms with van der Waals surface area (Å²) < 4.78 is 2.16. The molecular formula is C7H5BrN4O2. The molecule has 2 N–H and O–H groups in total. The largest absolute Gasteiger partial charge is 0.465 e. The van der Waals surface area contributed by atoms with Gasteiger partial charge in [-0.1, -0.05) is 0 Å². The van der Waals surface area contributed by atoms with Crippen molar-refractivity contribution in [2.45, 2.75) is 0 Å². The molecule has 0 aliphatic heterocycles. The molecule has 0 saturated carbocycles. The van der Waals surface area contributed by atoms with Crippen LogP contribution in [0, 0.1) is 0 Å². The van der Waals surface area contributed by atoms with E-state index in [1.54, 1.807) is 12.1 Å². The minimum absolute atomic E-state index is 0.355. The zero-order valence-electron chi connectivity index (χ0n) is 6.81. The summed E-state index contributed by atoms with van der Waals surface area (Å²) in [5, 5.41) is 14.6. The van der Waals surface area contributed by atoms with E-state index in [1.165, 1.54) is 10.8 Å². The van der Waals surface area contributed by atoms with Crippen LogP contribution in [-0.2, 0) is 0 Å². The van der Waals surface area contributed by atoms with Crippen LogP contribution in [0.15, 0.2) is 22.9 Å². The maximum absolute atomic E-state index is 10.4. The Hall–Kier alpha value is -1.63. The third-order valence-electron chi connectivity index (χ3n) is 1.61. The van der Waals surface area contributed by atoms with Gasteiger partial charge in [0.05, 0.1) is 4.47 Å². The first-order valence-corrected chi connectivity index (χ1v) is 4.46. The fourth-order valence-electron chi connectivity index (χ4n) is 1.08. The van der Waals surface area contributed by atoms with Crippen molar-refractivity contribution in [2.24, 2.45) is 0 Å². The van der Waals surface area contributed by atoms with Crippen LogP contribution in [0.4, 0.5) is 10.6 Å². The third-order valence-corrected chi connectivity index (χ3v) is 2.23. The van der Waals surface area contributed by atoms with E-state index < -0.39 is 6.09 Å². The van der Waals surface area contributed by atoms with Crippen molar-refractivity contribution in [3.05, 3.63) is 22.9 Å². The number of pyridine rings is 1. The highest BCUT2D eigenvalue weighted by molar-refractivity contribution is 9.10. The Bertz CT molecular complexity index is 495. The van der Waals surface area contributed by atoms with Crippen molar-refractivity contribution in [3.8, 4) is 0 Å². The Morgan fingerprint density at radius 2 is 2.36 bits per heavy atom. The molecule has 0 aromatic carbocycles. The van der Waals surface area contributed by atoms with E-state index in [9.17, 15) is 4.79 Å². The van der Waals surface area contributed by atoms with Crippen LogP contribution in [0.2, 0.25) is 0 Å². The van der Waals surface area contributed by atoms with E-state index in [4.69, 9.17) is 5.11 Å². The molecule has 0 aliphatic rings. The number of fused-ring (bicyclic) bond motifs is 1. The molecular weight excluding hydrogens is 252 g/mol. The smallest absolute Gasteiger partial charge is 0.410 e. The summed E-state index contributed by atoms with van der Waals surface area (Å²) in [6.45, 7) is 0. The number of nitrogens with zero attached hydrogens (tertiary/aromatic N) is 3. The second-order valence-electron chi connectivity index (χ2n) is 2.49. The van der Waals surface area contributed by atoms with E-state index in [-0.39, 0.29) is 0 Å². The van der Waals surface area contributed by atoms with E-state index in [0.29, 0.717) is 11.5 Å². The zero-order chi connectivity index (χ0) is 10.1. The molecule has 2 rings (SSSR count). The third kappa shape index (κ3) is 1.41. The summed E-state index contributed by atoms with van der Waals surface area (Å²) in [5.74, 6) is 0.355. The summed E-state index contributed by atoms with van der Waals surface area (Å²) in [5.41, 5.74) is 0.566. The molecule has 6 nitrogen and oxygen atoms in total. The number of nitrogens with one attached hydrogen (secondary N) is 1. The first-order valence-electron chi connectivity index (χ1n) is 3.66. The van der Waals surface area contributed by atoms with E-state index in [0.717, 1.165) is 4.47 Å². The Balaban J connectivity index is 2.60. The van der Waals surface area contributed by atoms with Gasteiger partial charge in [-0.15, -0.1) is 0 Å². The van der Waals surface area contributed by atoms with Gasteiger partial charge in [0.15, 0.2) is 5.65 Å². The quantitative estimate of drug-likeness (QED) is 0.812. The Morgan fingerprint density at radius 1 is 1.57 bits per heavy atom. The van der Waals surface area contributed by atoms with Crippen molar-refractivity contribution in [1.29, 1.82) is 0 Å². The van der Waals surface area contributed by atoms with Gasteiger partial charge in [-0.25, -0.2) is 9.78 Å². The number of rotatable bonds is 1. The van der Waals surface area contributed by atoms with Gasteiger partial charge in [0.2, 0.25) is 0 Å². The van der Waals surface area contributed by atoms with Gasteiger partial charge in [-0.05, 0) is 28.1 Å². The molecule has 0 aliphatic carbocycles. The summed E-state index contributed by atoms with van der Waals surface area (Å²) in [6, 6.07) is 3.30. The molecule has 0 unspecified atom stereocenters. The Kier molecular flexibility index (Phi) is 2.08. The lowest BCUT2D eigenvalue weighted by atomic mass is 10.4. The molecule has 2 heterocycles. The van der Waals surface area contributed by atoms with Crippen molar-refractivity contribution in [3.63, 3.8) is 0 Å². The van der Waals surface area contributed by atoms with Crippen LogP contribution >= 0.6 is 15.9 Å². The van der Waals surface area contributed by atoms with Crippen LogP contribution in [0.1, 0.15) is 0 Å². The van der Waals surface area contributed by atoms with Crippen molar-refractivity contribution >= 4 is 33.5 Å². The fourth-order valence-corrected chi connectivity index (χ4v) is 1.48. The van der Waals surface area contributed by atoms with Gasteiger partial charge in [-0.3, -0.25) is 5.32 Å². The highest BCUT2D eigenvalue weighted by Crippen LogP contribution is 2.19. The average Bonchev–Trinajstić information content (AvgIpc) is 2.58. The average molecular weight is 257 g/mol. The van der Waals surface area contributed by atoms with Gasteiger partial charge in [0.1, 0.15) is 12.1 Å². The molecule has 0 bridgehead atoms. The predicted octanol–water partition coefficient (Wildman–Crippen LogP) is 1.58. The second kappa shape index (κ2) is 3.26. The lowest BCUT2D eigenvalue weighted by molar-refractivity contribution is 0.209. The van der Waals surface area contributed by atoms with Crippen LogP contribution in [-0.4, -0.2) is 25.8 Å². The Labute approximate surface area is 86.7 Å². The number of amides is 1. The van der Waals surface area contributed by atoms with Gasteiger partial charge >= 0.3 is 6.09 Å². The summed E-state index contributed by atoms with van der Waals surface area (Å²) >= 11 is 3.28. The first-order chi connectivity index (χ1) is 6.68. The maximum Gasteiger partial charge on any atom is 0.410 e. The molecule has 2 aromatic heterocycles. The Morgan fingerprint density at radius 3 is 3.07 bits per heavy atom. The molecule has 0 radical (unpaired) electrons. The highest BCUT2D eigenvalue weighted by Gasteiger charge is 2.07. The lowest BCUT2D eigenvalue weighted by Gasteiger charge is -2.03. The molecule has 0 spiro atoms. The van der Waals surface area contributed by atoms with Gasteiger partial charge < -0.3 is 5.11 Å². The lowest BCUT2D eigenvalue weighted by Crippen LogP contribution is -2.11. The van der Waals surface area contributed by atoms with Gasteiger partial charge in [0.25, 0.3) is 0 Å². The predicted molar refractivity (Wildman–Crippen MR) is 52.3 cm³/mol. The number of hydrogen-bond donors (Lipinski definition) is 2. The van der Waals surface area contributed by atoms with Crippen LogP contribution < -0.4 is 5.32 Å². The number of carbonyl (C=O) groups is 1. The number of halogens is 1. The van der Waals surface area contributed by atoms with Crippen molar-refractivity contribution in [1.82, 2.24) is 14.6 Å². The number of anilines is 1. The molecule has 0 saturated heterocycles. The second-order valence-corrected chi connectivity index (χ2v) is 3.35. The zero-order valence-corrected chi connectivity index (χ0v) is 8.39. The van der Waals surface area contributed by atoms with Crippen molar-refractivity contribution < 1.29 is 9.90 Å². The minimum Gasteiger partial charge on any atom is -0.465 e. The van der Waals surface area contributed by atoms with Crippen molar-refractivity contribution in [2.75, 3.05) is 5.32 Å². The minimum atomic E-state index is -1.14. The van der Waals surface area contributed by atoms with E-state index in [1.807, 2.05) is 0 Å². The van der Waals surface area contributed by atoms with Gasteiger partial charge in [-0.2, -0.15) is 9.61 Å². The molecule has 2 aromatic rings. The topological polar surface area (TPSA) is 79.5 Å². The summed E-state index contributed by atoms with van der Waals surface area (Å²) in [7, 11) is 0. The number of aromatic nitrogens is 3. The van der Waals surface area contributed by atoms with Crippen LogP contribution in [0.5, 0.6) is 0 Å². The molecule has 7 heteroatoms. The molecule has 72 valence electrons. The molecule has 0 atom stereocenters. The van der Waals surface area contributed by atoms with E-state index >= 15 is 0 Å². The van der Waals surface area contributed by atoms with Gasteiger partial charge in [0, 0.05) is 0 Å². The number of carboxylic acid groups (broad SMARTS) is 1. The maximum atomic E-state index is 10.4. The van der Waals surface area contributed by atoms with E-state index in [2.05, 4.69) is 31.3 Å². The summed E-state index contributed by atoms with van der Waals surface area (Å²) in [6.07, 6.45) is 0.219. The fraction of sp³-hybridized carbons (Fsp3) is 0. The number of hydrogen-bond acceptors (Lipinski definition) is 3. The molecule has 0 fully saturated rings. The SMILES string of the molecule is O=C(O)Nc1ccc(Br)c2ncnn12. The monoisotopic (exact) mass is 256 g/mol. The van der Waals surface area contributed by atoms with Crippen LogP contribution in [0.25, 0.3) is 5.65 Å². The van der Waals surface area contributed by atoms with Crippen LogP contribution in [0.3, 0.4) is 0 Å². The standard InChI is InChI=1S/C7H5BrN4O2/c8-4-1-2-5(11-7(13)14)12-6(4)9-3-10-12/h1-3,11H,(H,13,14). The normalized spacial score (nSPS) is 10.4. The molecule has 14 heavy (non-hydrogen) atoms. The first kappa shape index (κ1) is 8.95. The highest BCUT2D eigenvalue weighted by atomic mass is 79.9. The molecule has 1 amide bonds.